The highest BCUT2D eigenvalue weighted by Gasteiger charge is 2.36. The molecule has 0 aliphatic carbocycles. The Labute approximate surface area is 176 Å². The minimum Gasteiger partial charge on any atom is -0.298 e. The number of piperazine rings is 2. The predicted molar refractivity (Wildman–Crippen MR) is 123 cm³/mol. The van der Waals surface area contributed by atoms with E-state index in [1.165, 1.54) is 39.0 Å². The smallest absolute Gasteiger partial charge is 0.0224 e. The maximum Gasteiger partial charge on any atom is 0.0224 e. The Balaban J connectivity index is 1.87. The molecule has 0 saturated carbocycles. The second kappa shape index (κ2) is 10.2. The van der Waals surface area contributed by atoms with Crippen LogP contribution in [0.3, 0.4) is 0 Å². The van der Waals surface area contributed by atoms with Gasteiger partial charge in [-0.2, -0.15) is 0 Å². The molecule has 0 spiro atoms. The van der Waals surface area contributed by atoms with Crippen LogP contribution in [0.25, 0.3) is 0 Å². The predicted octanol–water partition coefficient (Wildman–Crippen LogP) is 4.15. The third kappa shape index (κ3) is 5.50. The maximum absolute atomic E-state index is 2.80. The van der Waals surface area contributed by atoms with Crippen molar-refractivity contribution in [2.45, 2.75) is 130 Å². The van der Waals surface area contributed by atoms with E-state index in [1.807, 2.05) is 0 Å². The minimum absolute atomic E-state index is 0.647. The monoisotopic (exact) mass is 394 g/mol. The lowest BCUT2D eigenvalue weighted by atomic mass is 9.96. The summed E-state index contributed by atoms with van der Waals surface area (Å²) in [6.45, 7) is 28.9. The lowest BCUT2D eigenvalue weighted by Gasteiger charge is -2.50. The van der Waals surface area contributed by atoms with E-state index >= 15 is 0 Å². The van der Waals surface area contributed by atoms with E-state index in [0.29, 0.717) is 48.3 Å². The van der Waals surface area contributed by atoms with E-state index in [0.717, 1.165) is 0 Å². The molecule has 0 aromatic carbocycles. The van der Waals surface area contributed by atoms with E-state index in [1.54, 1.807) is 0 Å². The summed E-state index contributed by atoms with van der Waals surface area (Å²) in [6, 6.07) is 5.28. The van der Waals surface area contributed by atoms with Gasteiger partial charge in [0.2, 0.25) is 0 Å². The van der Waals surface area contributed by atoms with Crippen LogP contribution in [-0.2, 0) is 0 Å². The van der Waals surface area contributed by atoms with Crippen molar-refractivity contribution in [2.24, 2.45) is 0 Å². The first kappa shape index (κ1) is 24.1. The average molecular weight is 395 g/mol. The Morgan fingerprint density at radius 1 is 0.643 bits per heavy atom. The lowest BCUT2D eigenvalue weighted by molar-refractivity contribution is -0.0171. The molecule has 4 nitrogen and oxygen atoms in total. The van der Waals surface area contributed by atoms with Crippen molar-refractivity contribution in [1.29, 1.82) is 0 Å². The number of rotatable bonds is 7. The highest BCUT2D eigenvalue weighted by atomic mass is 15.3. The van der Waals surface area contributed by atoms with Crippen molar-refractivity contribution >= 4 is 0 Å². The molecule has 6 unspecified atom stereocenters. The molecule has 2 aliphatic rings. The average Bonchev–Trinajstić information content (AvgIpc) is 2.60. The van der Waals surface area contributed by atoms with Crippen molar-refractivity contribution in [3.05, 3.63) is 0 Å². The molecular formula is C24H50N4. The fourth-order valence-electron chi connectivity index (χ4n) is 6.01. The molecule has 2 aliphatic heterocycles. The second-order valence-electron chi connectivity index (χ2n) is 10.5. The van der Waals surface area contributed by atoms with Crippen LogP contribution in [0.1, 0.15) is 82.1 Å². The topological polar surface area (TPSA) is 13.0 Å². The molecule has 0 aromatic heterocycles. The van der Waals surface area contributed by atoms with Crippen LogP contribution in [0.4, 0.5) is 0 Å². The van der Waals surface area contributed by atoms with Crippen LogP contribution in [0.2, 0.25) is 0 Å². The fourth-order valence-corrected chi connectivity index (χ4v) is 6.01. The van der Waals surface area contributed by atoms with E-state index in [-0.39, 0.29) is 0 Å². The first-order valence-corrected chi connectivity index (χ1v) is 12.1. The maximum atomic E-state index is 2.80. The van der Waals surface area contributed by atoms with Gasteiger partial charge in [0.25, 0.3) is 0 Å². The molecule has 0 amide bonds. The summed E-state index contributed by atoms with van der Waals surface area (Å²) in [5.41, 5.74) is 0. The number of hydrogen-bond acceptors (Lipinski definition) is 4. The van der Waals surface area contributed by atoms with Crippen molar-refractivity contribution < 1.29 is 0 Å². The lowest BCUT2D eigenvalue weighted by Crippen LogP contribution is -2.61. The van der Waals surface area contributed by atoms with Crippen LogP contribution in [0, 0.1) is 0 Å². The first-order chi connectivity index (χ1) is 13.0. The van der Waals surface area contributed by atoms with Crippen molar-refractivity contribution in [3.63, 3.8) is 0 Å². The quantitative estimate of drug-likeness (QED) is 0.643. The van der Waals surface area contributed by atoms with Gasteiger partial charge in [-0.3, -0.25) is 19.6 Å². The van der Waals surface area contributed by atoms with Crippen molar-refractivity contribution in [3.8, 4) is 0 Å². The van der Waals surface area contributed by atoms with Gasteiger partial charge in [-0.05, 0) is 82.1 Å². The summed E-state index contributed by atoms with van der Waals surface area (Å²) in [7, 11) is 0. The van der Waals surface area contributed by atoms with Crippen LogP contribution >= 0.6 is 0 Å². The van der Waals surface area contributed by atoms with Gasteiger partial charge in [-0.1, -0.05) is 0 Å². The molecule has 0 bridgehead atoms. The zero-order valence-electron chi connectivity index (χ0n) is 20.7. The summed E-state index contributed by atoms with van der Waals surface area (Å²) >= 11 is 0. The van der Waals surface area contributed by atoms with Crippen molar-refractivity contribution in [2.75, 3.05) is 26.2 Å². The molecule has 2 rings (SSSR count). The Kier molecular flexibility index (Phi) is 8.82. The zero-order valence-corrected chi connectivity index (χ0v) is 20.7. The van der Waals surface area contributed by atoms with E-state index in [2.05, 4.69) is 88.8 Å². The summed E-state index contributed by atoms with van der Waals surface area (Å²) in [6.07, 6.45) is 2.62. The van der Waals surface area contributed by atoms with Gasteiger partial charge in [0.1, 0.15) is 0 Å². The van der Waals surface area contributed by atoms with Crippen LogP contribution in [0.15, 0.2) is 0 Å². The molecule has 28 heavy (non-hydrogen) atoms. The molecule has 166 valence electrons. The molecule has 2 heterocycles. The molecule has 2 saturated heterocycles. The Morgan fingerprint density at radius 3 is 1.61 bits per heavy atom. The van der Waals surface area contributed by atoms with E-state index in [4.69, 9.17) is 0 Å². The van der Waals surface area contributed by atoms with Gasteiger partial charge in [-0.15, -0.1) is 0 Å². The third-order valence-corrected chi connectivity index (χ3v) is 7.85. The fraction of sp³-hybridized carbons (Fsp3) is 1.00. The number of nitrogens with zero attached hydrogens (tertiary/aromatic N) is 4. The van der Waals surface area contributed by atoms with Gasteiger partial charge in [-0.25, -0.2) is 0 Å². The third-order valence-electron chi connectivity index (χ3n) is 7.85. The Hall–Kier alpha value is -0.160. The molecule has 2 fully saturated rings. The van der Waals surface area contributed by atoms with Gasteiger partial charge >= 0.3 is 0 Å². The normalized spacial score (nSPS) is 34.3. The first-order valence-electron chi connectivity index (χ1n) is 12.1. The molecule has 4 heteroatoms. The van der Waals surface area contributed by atoms with Gasteiger partial charge in [0.05, 0.1) is 0 Å². The van der Waals surface area contributed by atoms with Crippen molar-refractivity contribution in [1.82, 2.24) is 19.6 Å². The standard InChI is InChI=1S/C24H50N4/c1-17(2)25-15-21(7)28(22(8)16-25)20(6)12-11-19(5)27-14-13-26(18(3)4)23(9)24(27)10/h17-24H,11-16H2,1-10H3. The van der Waals surface area contributed by atoms with Crippen LogP contribution in [0.5, 0.6) is 0 Å². The Morgan fingerprint density at radius 2 is 1.11 bits per heavy atom. The summed E-state index contributed by atoms with van der Waals surface area (Å²) in [4.78, 5) is 10.9. The summed E-state index contributed by atoms with van der Waals surface area (Å²) in [5.74, 6) is 0. The molecule has 0 aromatic rings. The molecule has 0 radical (unpaired) electrons. The van der Waals surface area contributed by atoms with E-state index < -0.39 is 0 Å². The SMILES string of the molecule is CC(C)N1CC(C)N(C(C)CCC(C)N2CCN(C(C)C)C(C)C2C)C(C)C1. The number of hydrogen-bond donors (Lipinski definition) is 0. The van der Waals surface area contributed by atoms with Gasteiger partial charge in [0.15, 0.2) is 0 Å². The highest BCUT2D eigenvalue weighted by molar-refractivity contribution is 4.92. The molecular weight excluding hydrogens is 344 g/mol. The summed E-state index contributed by atoms with van der Waals surface area (Å²) < 4.78 is 0. The van der Waals surface area contributed by atoms with Crippen LogP contribution in [-0.4, -0.2) is 94.1 Å². The van der Waals surface area contributed by atoms with Gasteiger partial charge < -0.3 is 0 Å². The zero-order chi connectivity index (χ0) is 21.2. The highest BCUT2D eigenvalue weighted by Crippen LogP contribution is 2.26. The van der Waals surface area contributed by atoms with E-state index in [9.17, 15) is 0 Å². The largest absolute Gasteiger partial charge is 0.298 e. The Bertz CT molecular complexity index is 454. The molecule has 6 atom stereocenters. The minimum atomic E-state index is 0.647. The summed E-state index contributed by atoms with van der Waals surface area (Å²) in [5, 5.41) is 0. The second-order valence-corrected chi connectivity index (χ2v) is 10.5. The van der Waals surface area contributed by atoms with Gasteiger partial charge in [0, 0.05) is 74.5 Å². The molecule has 0 N–H and O–H groups in total. The van der Waals surface area contributed by atoms with Crippen LogP contribution < -0.4 is 0 Å².